The van der Waals surface area contributed by atoms with E-state index in [0.717, 1.165) is 22.2 Å². The zero-order valence-electron chi connectivity index (χ0n) is 9.59. The van der Waals surface area contributed by atoms with E-state index in [0.29, 0.717) is 11.3 Å². The lowest BCUT2D eigenvalue weighted by Gasteiger charge is -2.04. The molecule has 0 spiro atoms. The van der Waals surface area contributed by atoms with Gasteiger partial charge >= 0.3 is 0 Å². The van der Waals surface area contributed by atoms with E-state index in [1.54, 1.807) is 15.9 Å². The first-order valence-corrected chi connectivity index (χ1v) is 6.51. The fraction of sp³-hybridized carbons (Fsp3) is 0.455. The predicted molar refractivity (Wildman–Crippen MR) is 71.0 cm³/mol. The van der Waals surface area contributed by atoms with Crippen molar-refractivity contribution >= 4 is 33.8 Å². The molecule has 0 aromatic carbocycles. The smallest absolute Gasteiger partial charge is 0.263 e. The standard InChI is InChI=1S/C11H14N2OS2/c1-4-5-13-10(14)8-6(2)7(3)16-9(8)12-11(13)15/h4-5H2,1-3H3,(H,12,15). The van der Waals surface area contributed by atoms with E-state index in [4.69, 9.17) is 12.2 Å². The lowest BCUT2D eigenvalue weighted by molar-refractivity contribution is 0.639. The minimum Gasteiger partial charge on any atom is -0.323 e. The number of hydrogen-bond donors (Lipinski definition) is 1. The van der Waals surface area contributed by atoms with E-state index in [-0.39, 0.29) is 5.56 Å². The third-order valence-corrected chi connectivity index (χ3v) is 4.20. The topological polar surface area (TPSA) is 37.8 Å². The van der Waals surface area contributed by atoms with Gasteiger partial charge < -0.3 is 4.98 Å². The van der Waals surface area contributed by atoms with Gasteiger partial charge in [-0.05, 0) is 38.0 Å². The highest BCUT2D eigenvalue weighted by Crippen LogP contribution is 2.25. The molecule has 2 rings (SSSR count). The van der Waals surface area contributed by atoms with Crippen molar-refractivity contribution in [2.45, 2.75) is 33.7 Å². The zero-order valence-corrected chi connectivity index (χ0v) is 11.2. The molecule has 16 heavy (non-hydrogen) atoms. The van der Waals surface area contributed by atoms with E-state index in [1.807, 2.05) is 20.8 Å². The van der Waals surface area contributed by atoms with Crippen LogP contribution in [0.15, 0.2) is 4.79 Å². The summed E-state index contributed by atoms with van der Waals surface area (Å²) in [5, 5.41) is 0.796. The molecule has 0 aliphatic heterocycles. The summed E-state index contributed by atoms with van der Waals surface area (Å²) < 4.78 is 2.18. The van der Waals surface area contributed by atoms with Crippen LogP contribution in [0.2, 0.25) is 0 Å². The van der Waals surface area contributed by atoms with Crippen molar-refractivity contribution in [3.05, 3.63) is 25.6 Å². The molecule has 0 saturated carbocycles. The quantitative estimate of drug-likeness (QED) is 0.836. The van der Waals surface area contributed by atoms with Crippen molar-refractivity contribution in [2.75, 3.05) is 0 Å². The number of aromatic nitrogens is 2. The first-order valence-electron chi connectivity index (χ1n) is 5.29. The van der Waals surface area contributed by atoms with Gasteiger partial charge in [0.25, 0.3) is 5.56 Å². The van der Waals surface area contributed by atoms with Crippen LogP contribution < -0.4 is 5.56 Å². The number of hydrogen-bond acceptors (Lipinski definition) is 3. The number of fused-ring (bicyclic) bond motifs is 1. The van der Waals surface area contributed by atoms with Gasteiger partial charge in [-0.3, -0.25) is 9.36 Å². The van der Waals surface area contributed by atoms with Crippen molar-refractivity contribution in [1.82, 2.24) is 9.55 Å². The molecule has 2 aromatic rings. The van der Waals surface area contributed by atoms with Crippen LogP contribution in [0.5, 0.6) is 0 Å². The molecule has 0 atom stereocenters. The lowest BCUT2D eigenvalue weighted by Crippen LogP contribution is -2.21. The van der Waals surface area contributed by atoms with Crippen molar-refractivity contribution < 1.29 is 0 Å². The average molecular weight is 254 g/mol. The van der Waals surface area contributed by atoms with Crippen molar-refractivity contribution in [3.8, 4) is 0 Å². The highest BCUT2D eigenvalue weighted by Gasteiger charge is 2.11. The van der Waals surface area contributed by atoms with E-state index < -0.39 is 0 Å². The number of aryl methyl sites for hydroxylation is 2. The van der Waals surface area contributed by atoms with E-state index in [1.165, 1.54) is 4.88 Å². The summed E-state index contributed by atoms with van der Waals surface area (Å²) in [6.45, 7) is 6.73. The lowest BCUT2D eigenvalue weighted by atomic mass is 10.2. The Morgan fingerprint density at radius 2 is 2.12 bits per heavy atom. The summed E-state index contributed by atoms with van der Waals surface area (Å²) in [7, 11) is 0. The molecule has 0 radical (unpaired) electrons. The van der Waals surface area contributed by atoms with Gasteiger partial charge in [0.05, 0.1) is 5.39 Å². The summed E-state index contributed by atoms with van der Waals surface area (Å²) in [5.41, 5.74) is 1.11. The van der Waals surface area contributed by atoms with Gasteiger partial charge in [0.15, 0.2) is 4.77 Å². The summed E-state index contributed by atoms with van der Waals surface area (Å²) in [6.07, 6.45) is 0.908. The Hall–Kier alpha value is -0.940. The molecule has 2 aromatic heterocycles. The molecule has 3 nitrogen and oxygen atoms in total. The highest BCUT2D eigenvalue weighted by atomic mass is 32.1. The maximum atomic E-state index is 12.3. The minimum atomic E-state index is 0.0439. The Morgan fingerprint density at radius 1 is 1.44 bits per heavy atom. The van der Waals surface area contributed by atoms with Crippen molar-refractivity contribution in [3.63, 3.8) is 0 Å². The van der Waals surface area contributed by atoms with E-state index >= 15 is 0 Å². The first-order chi connectivity index (χ1) is 7.56. The Morgan fingerprint density at radius 3 is 2.75 bits per heavy atom. The number of thiophene rings is 1. The number of rotatable bonds is 2. The fourth-order valence-electron chi connectivity index (χ4n) is 1.79. The van der Waals surface area contributed by atoms with Crippen LogP contribution in [0.3, 0.4) is 0 Å². The molecule has 2 heterocycles. The van der Waals surface area contributed by atoms with E-state index in [2.05, 4.69) is 4.98 Å². The van der Waals surface area contributed by atoms with Crippen LogP contribution in [-0.4, -0.2) is 9.55 Å². The van der Waals surface area contributed by atoms with Crippen LogP contribution in [0.4, 0.5) is 0 Å². The number of H-pyrrole nitrogens is 1. The number of nitrogens with one attached hydrogen (secondary N) is 1. The maximum absolute atomic E-state index is 12.3. The molecule has 0 fully saturated rings. The fourth-order valence-corrected chi connectivity index (χ4v) is 3.18. The average Bonchev–Trinajstić information content (AvgIpc) is 2.49. The molecule has 0 aliphatic rings. The minimum absolute atomic E-state index is 0.0439. The van der Waals surface area contributed by atoms with Crippen LogP contribution in [0, 0.1) is 18.6 Å². The molecule has 0 unspecified atom stereocenters. The van der Waals surface area contributed by atoms with Crippen LogP contribution >= 0.6 is 23.6 Å². The molecular formula is C11H14N2OS2. The Bertz CT molecular complexity index is 648. The molecule has 0 amide bonds. The third kappa shape index (κ3) is 1.64. The molecule has 1 N–H and O–H groups in total. The summed E-state index contributed by atoms with van der Waals surface area (Å²) in [6, 6.07) is 0. The normalized spacial score (nSPS) is 11.2. The summed E-state index contributed by atoms with van der Waals surface area (Å²) in [5.74, 6) is 0. The number of aromatic amines is 1. The van der Waals surface area contributed by atoms with Crippen LogP contribution in [0.1, 0.15) is 23.8 Å². The van der Waals surface area contributed by atoms with Crippen LogP contribution in [-0.2, 0) is 6.54 Å². The molecule has 0 saturated heterocycles. The third-order valence-electron chi connectivity index (χ3n) is 2.76. The molecule has 5 heteroatoms. The predicted octanol–water partition coefficient (Wildman–Crippen LogP) is 3.15. The Kier molecular flexibility index (Phi) is 2.99. The van der Waals surface area contributed by atoms with Gasteiger partial charge in [-0.2, -0.15) is 0 Å². The van der Waals surface area contributed by atoms with Gasteiger partial charge in [0.2, 0.25) is 0 Å². The Balaban J connectivity index is 2.91. The van der Waals surface area contributed by atoms with Gasteiger partial charge in [-0.15, -0.1) is 11.3 Å². The van der Waals surface area contributed by atoms with Gasteiger partial charge in [0, 0.05) is 11.4 Å². The highest BCUT2D eigenvalue weighted by molar-refractivity contribution is 7.71. The largest absolute Gasteiger partial charge is 0.323 e. The Labute approximate surface area is 103 Å². The van der Waals surface area contributed by atoms with Gasteiger partial charge in [0.1, 0.15) is 4.83 Å². The van der Waals surface area contributed by atoms with Gasteiger partial charge in [-0.1, -0.05) is 6.92 Å². The molecule has 0 aliphatic carbocycles. The zero-order chi connectivity index (χ0) is 11.9. The first kappa shape index (κ1) is 11.5. The second-order valence-corrected chi connectivity index (χ2v) is 5.49. The molecule has 0 bridgehead atoms. The van der Waals surface area contributed by atoms with Crippen molar-refractivity contribution in [1.29, 1.82) is 0 Å². The SMILES string of the molecule is CCCn1c(=S)[nH]c2sc(C)c(C)c2c1=O. The second-order valence-electron chi connectivity index (χ2n) is 3.87. The molecule has 86 valence electrons. The van der Waals surface area contributed by atoms with Gasteiger partial charge in [-0.25, -0.2) is 0 Å². The van der Waals surface area contributed by atoms with Crippen molar-refractivity contribution in [2.24, 2.45) is 0 Å². The monoisotopic (exact) mass is 254 g/mol. The molecular weight excluding hydrogens is 240 g/mol. The maximum Gasteiger partial charge on any atom is 0.263 e. The summed E-state index contributed by atoms with van der Waals surface area (Å²) in [4.78, 5) is 17.5. The summed E-state index contributed by atoms with van der Waals surface area (Å²) >= 11 is 6.80. The number of nitrogens with zero attached hydrogens (tertiary/aromatic N) is 1. The van der Waals surface area contributed by atoms with E-state index in [9.17, 15) is 4.79 Å². The van der Waals surface area contributed by atoms with Crippen LogP contribution in [0.25, 0.3) is 10.2 Å². The second kappa shape index (κ2) is 4.14.